The Bertz CT molecular complexity index is 1290. The van der Waals surface area contributed by atoms with Crippen molar-refractivity contribution in [2.75, 3.05) is 36.9 Å². The Morgan fingerprint density at radius 3 is 2.50 bits per heavy atom. The molecular formula is C29H29F2N3O2. The molecule has 2 heterocycles. The van der Waals surface area contributed by atoms with E-state index in [4.69, 9.17) is 0 Å². The first kappa shape index (κ1) is 24.1. The number of amides is 2. The summed E-state index contributed by atoms with van der Waals surface area (Å²) in [5.41, 5.74) is 2.82. The second-order valence-electron chi connectivity index (χ2n) is 10.0. The Morgan fingerprint density at radius 1 is 0.944 bits per heavy atom. The molecule has 0 radical (unpaired) electrons. The number of piperidine rings is 1. The van der Waals surface area contributed by atoms with Crippen LogP contribution in [0.4, 0.5) is 20.2 Å². The minimum Gasteiger partial charge on any atom is -0.322 e. The van der Waals surface area contributed by atoms with Gasteiger partial charge < -0.3 is 15.1 Å². The molecule has 0 bridgehead atoms. The molecule has 1 fully saturated rings. The van der Waals surface area contributed by atoms with Crippen molar-refractivity contribution >= 4 is 23.2 Å². The molecule has 3 aromatic carbocycles. The number of carbonyl (C=O) groups excluding carboxylic acids is 2. The van der Waals surface area contributed by atoms with E-state index in [-0.39, 0.29) is 16.9 Å². The minimum absolute atomic E-state index is 0.0993. The van der Waals surface area contributed by atoms with Gasteiger partial charge in [-0.05, 0) is 98.8 Å². The number of hydrogen-bond acceptors (Lipinski definition) is 3. The van der Waals surface area contributed by atoms with Crippen molar-refractivity contribution in [2.45, 2.75) is 25.7 Å². The van der Waals surface area contributed by atoms with Gasteiger partial charge in [0, 0.05) is 30.0 Å². The van der Waals surface area contributed by atoms with E-state index in [2.05, 4.69) is 23.3 Å². The Morgan fingerprint density at radius 2 is 1.72 bits per heavy atom. The van der Waals surface area contributed by atoms with Gasteiger partial charge in [-0.2, -0.15) is 0 Å². The number of anilines is 2. The number of rotatable bonds is 3. The van der Waals surface area contributed by atoms with Gasteiger partial charge in [0.1, 0.15) is 11.6 Å². The minimum atomic E-state index is -0.803. The van der Waals surface area contributed by atoms with Crippen molar-refractivity contribution in [3.63, 3.8) is 0 Å². The van der Waals surface area contributed by atoms with Gasteiger partial charge >= 0.3 is 0 Å². The van der Waals surface area contributed by atoms with Crippen LogP contribution in [-0.4, -0.2) is 43.4 Å². The van der Waals surface area contributed by atoms with Crippen LogP contribution in [0.2, 0.25) is 0 Å². The largest absolute Gasteiger partial charge is 0.322 e. The van der Waals surface area contributed by atoms with Gasteiger partial charge in [0.2, 0.25) is 0 Å². The van der Waals surface area contributed by atoms with Gasteiger partial charge in [-0.1, -0.05) is 18.2 Å². The average Bonchev–Trinajstić information content (AvgIpc) is 3.02. The van der Waals surface area contributed by atoms with E-state index in [1.165, 1.54) is 12.0 Å². The molecule has 0 aromatic heterocycles. The fourth-order valence-corrected chi connectivity index (χ4v) is 5.62. The molecule has 5 rings (SSSR count). The van der Waals surface area contributed by atoms with Crippen LogP contribution in [0.5, 0.6) is 0 Å². The molecule has 36 heavy (non-hydrogen) atoms. The number of para-hydroxylation sites is 1. The second kappa shape index (κ2) is 9.82. The third kappa shape index (κ3) is 4.88. The highest BCUT2D eigenvalue weighted by Crippen LogP contribution is 2.42. The molecular weight excluding hydrogens is 460 g/mol. The number of hydrogen-bond donors (Lipinski definition) is 1. The molecule has 1 unspecified atom stereocenters. The second-order valence-corrected chi connectivity index (χ2v) is 10.0. The highest BCUT2D eigenvalue weighted by atomic mass is 19.1. The zero-order valence-corrected chi connectivity index (χ0v) is 20.3. The maximum atomic E-state index is 13.9. The van der Waals surface area contributed by atoms with Crippen LogP contribution in [0.1, 0.15) is 45.5 Å². The van der Waals surface area contributed by atoms with Crippen molar-refractivity contribution in [1.82, 2.24) is 4.90 Å². The van der Waals surface area contributed by atoms with Crippen LogP contribution in [0.3, 0.4) is 0 Å². The molecule has 5 nitrogen and oxygen atoms in total. The highest BCUT2D eigenvalue weighted by Gasteiger charge is 2.38. The van der Waals surface area contributed by atoms with Crippen molar-refractivity contribution < 1.29 is 18.4 Å². The quantitative estimate of drug-likeness (QED) is 0.527. The number of nitrogens with one attached hydrogen (secondary N) is 1. The van der Waals surface area contributed by atoms with Gasteiger partial charge in [-0.3, -0.25) is 9.59 Å². The molecule has 1 spiro atoms. The first-order chi connectivity index (χ1) is 17.3. The van der Waals surface area contributed by atoms with E-state index in [1.54, 1.807) is 24.3 Å². The molecule has 1 atom stereocenters. The van der Waals surface area contributed by atoms with Crippen LogP contribution in [0.25, 0.3) is 0 Å². The lowest BCUT2D eigenvalue weighted by Crippen LogP contribution is -2.43. The normalized spacial score (nSPS) is 20.0. The van der Waals surface area contributed by atoms with E-state index < -0.39 is 17.5 Å². The molecule has 186 valence electrons. The summed E-state index contributed by atoms with van der Waals surface area (Å²) < 4.78 is 27.4. The first-order valence-corrected chi connectivity index (χ1v) is 12.3. The zero-order valence-electron chi connectivity index (χ0n) is 20.3. The lowest BCUT2D eigenvalue weighted by Gasteiger charge is -2.41. The van der Waals surface area contributed by atoms with Crippen molar-refractivity contribution in [3.8, 4) is 0 Å². The molecule has 7 heteroatoms. The average molecular weight is 490 g/mol. The zero-order chi connectivity index (χ0) is 25.3. The summed E-state index contributed by atoms with van der Waals surface area (Å²) in [6.45, 7) is 2.78. The van der Waals surface area contributed by atoms with E-state index >= 15 is 0 Å². The predicted molar refractivity (Wildman–Crippen MR) is 136 cm³/mol. The SMILES string of the molecule is CN1CCCC2(CCN(C(=O)c3ccc(NC(=O)c4cc(F)ccc4F)cc3)c3ccccc3C2)C1. The third-order valence-electron chi connectivity index (χ3n) is 7.37. The molecule has 2 aliphatic rings. The highest BCUT2D eigenvalue weighted by molar-refractivity contribution is 6.07. The van der Waals surface area contributed by atoms with Gasteiger partial charge in [-0.15, -0.1) is 0 Å². The topological polar surface area (TPSA) is 52.6 Å². The Hall–Kier alpha value is -3.58. The van der Waals surface area contributed by atoms with Crippen molar-refractivity contribution in [2.24, 2.45) is 5.41 Å². The van der Waals surface area contributed by atoms with Gasteiger partial charge in [0.25, 0.3) is 11.8 Å². The monoisotopic (exact) mass is 489 g/mol. The summed E-state index contributed by atoms with van der Waals surface area (Å²) in [5.74, 6) is -2.35. The fourth-order valence-electron chi connectivity index (χ4n) is 5.62. The lowest BCUT2D eigenvalue weighted by molar-refractivity contribution is 0.0943. The number of carbonyl (C=O) groups is 2. The van der Waals surface area contributed by atoms with Crippen LogP contribution in [-0.2, 0) is 6.42 Å². The van der Waals surface area contributed by atoms with Crippen LogP contribution in [0.15, 0.2) is 66.7 Å². The number of likely N-dealkylation sites (tertiary alicyclic amines) is 1. The molecule has 2 amide bonds. The summed E-state index contributed by atoms with van der Waals surface area (Å²) in [6.07, 6.45) is 4.22. The van der Waals surface area contributed by atoms with Crippen LogP contribution in [0, 0.1) is 17.0 Å². The van der Waals surface area contributed by atoms with E-state index in [1.807, 2.05) is 23.1 Å². The molecule has 0 aliphatic carbocycles. The molecule has 3 aromatic rings. The maximum Gasteiger partial charge on any atom is 0.258 e. The van der Waals surface area contributed by atoms with Crippen LogP contribution >= 0.6 is 0 Å². The fraction of sp³-hybridized carbons (Fsp3) is 0.310. The molecule has 1 N–H and O–H groups in total. The summed E-state index contributed by atoms with van der Waals surface area (Å²) in [7, 11) is 2.17. The summed E-state index contributed by atoms with van der Waals surface area (Å²) in [6, 6.07) is 17.4. The first-order valence-electron chi connectivity index (χ1n) is 12.3. The van der Waals surface area contributed by atoms with Gasteiger partial charge in [0.05, 0.1) is 5.56 Å². The van der Waals surface area contributed by atoms with E-state index in [0.717, 1.165) is 56.2 Å². The van der Waals surface area contributed by atoms with Crippen molar-refractivity contribution in [1.29, 1.82) is 0 Å². The maximum absolute atomic E-state index is 13.9. The Kier molecular flexibility index (Phi) is 6.58. The summed E-state index contributed by atoms with van der Waals surface area (Å²) in [5, 5.41) is 2.57. The molecule has 2 aliphatic heterocycles. The van der Waals surface area contributed by atoms with E-state index in [9.17, 15) is 18.4 Å². The number of benzene rings is 3. The molecule has 0 saturated carbocycles. The van der Waals surface area contributed by atoms with Gasteiger partial charge in [-0.25, -0.2) is 8.78 Å². The Labute approximate surface area is 209 Å². The van der Waals surface area contributed by atoms with Crippen LogP contribution < -0.4 is 10.2 Å². The van der Waals surface area contributed by atoms with E-state index in [0.29, 0.717) is 17.8 Å². The molecule has 1 saturated heterocycles. The third-order valence-corrected chi connectivity index (χ3v) is 7.37. The Balaban J connectivity index is 1.35. The number of fused-ring (bicyclic) bond motifs is 1. The van der Waals surface area contributed by atoms with Gasteiger partial charge in [0.15, 0.2) is 0 Å². The lowest BCUT2D eigenvalue weighted by atomic mass is 9.73. The number of halogens is 2. The standard InChI is InChI=1S/C29H29F2N3O2/c1-33-15-4-13-29(19-33)14-16-34(26-6-3-2-5-21(26)18-29)28(36)20-7-10-23(11-8-20)32-27(35)24-17-22(30)9-12-25(24)31/h2-3,5-12,17H,4,13-16,18-19H2,1H3,(H,32,35). The van der Waals surface area contributed by atoms with Crippen molar-refractivity contribution in [3.05, 3.63) is 95.1 Å². The summed E-state index contributed by atoms with van der Waals surface area (Å²) in [4.78, 5) is 30.3. The number of nitrogens with zero attached hydrogens (tertiary/aromatic N) is 2. The summed E-state index contributed by atoms with van der Waals surface area (Å²) >= 11 is 0. The predicted octanol–water partition coefficient (Wildman–Crippen LogP) is 5.52. The smallest absolute Gasteiger partial charge is 0.258 e.